The van der Waals surface area contributed by atoms with Gasteiger partial charge in [-0.05, 0) is 13.8 Å². The molecular weight excluding hydrogens is 294 g/mol. The number of carbonyl (C=O) groups is 2. The highest BCUT2D eigenvalue weighted by atomic mass is 16.6. The first-order chi connectivity index (χ1) is 10.5. The maximum absolute atomic E-state index is 11.5. The molecule has 0 aliphatic rings. The summed E-state index contributed by atoms with van der Waals surface area (Å²) < 4.78 is 9.36. The number of nitrogens with one attached hydrogen (secondary N) is 1. The van der Waals surface area contributed by atoms with Crippen molar-refractivity contribution in [1.29, 1.82) is 0 Å². The number of alkyl carbamates (subject to hydrolysis) is 1. The lowest BCUT2D eigenvalue weighted by molar-refractivity contribution is -0.384. The fraction of sp³-hybridized carbons (Fsp3) is 0.308. The topological polar surface area (TPSA) is 120 Å². The second-order valence-corrected chi connectivity index (χ2v) is 3.81. The SMILES string of the molecule is CCOC(=O)/N=C(/NC(=O)OCC)c1cccc([N+](=O)[O-])c1. The minimum Gasteiger partial charge on any atom is -0.450 e. The fourth-order valence-corrected chi connectivity index (χ4v) is 1.44. The second kappa shape index (κ2) is 8.35. The van der Waals surface area contributed by atoms with Crippen molar-refractivity contribution in [3.05, 3.63) is 39.9 Å². The molecule has 0 spiro atoms. The van der Waals surface area contributed by atoms with E-state index in [-0.39, 0.29) is 30.3 Å². The Hall–Kier alpha value is -2.97. The van der Waals surface area contributed by atoms with Gasteiger partial charge in [-0.1, -0.05) is 12.1 Å². The molecule has 9 nitrogen and oxygen atoms in total. The van der Waals surface area contributed by atoms with E-state index in [1.54, 1.807) is 13.8 Å². The van der Waals surface area contributed by atoms with Crippen LogP contribution in [0.2, 0.25) is 0 Å². The van der Waals surface area contributed by atoms with Gasteiger partial charge >= 0.3 is 12.2 Å². The van der Waals surface area contributed by atoms with Crippen LogP contribution in [-0.4, -0.2) is 36.2 Å². The molecule has 0 aliphatic heterocycles. The zero-order chi connectivity index (χ0) is 16.5. The summed E-state index contributed by atoms with van der Waals surface area (Å²) in [6, 6.07) is 5.30. The molecule has 0 saturated heterocycles. The third-order valence-electron chi connectivity index (χ3n) is 2.30. The summed E-state index contributed by atoms with van der Waals surface area (Å²) in [4.78, 5) is 36.7. The summed E-state index contributed by atoms with van der Waals surface area (Å²) in [6.45, 7) is 3.42. The summed E-state index contributed by atoms with van der Waals surface area (Å²) in [5.74, 6) is -0.194. The van der Waals surface area contributed by atoms with Crippen molar-refractivity contribution in [3.63, 3.8) is 0 Å². The van der Waals surface area contributed by atoms with E-state index < -0.39 is 17.1 Å². The Morgan fingerprint density at radius 3 is 2.55 bits per heavy atom. The number of nitrogens with zero attached hydrogens (tertiary/aromatic N) is 2. The molecule has 0 aliphatic carbocycles. The molecular formula is C13H15N3O6. The average molecular weight is 309 g/mol. The number of hydrogen-bond donors (Lipinski definition) is 1. The van der Waals surface area contributed by atoms with Gasteiger partial charge in [-0.25, -0.2) is 9.59 Å². The Morgan fingerprint density at radius 2 is 1.95 bits per heavy atom. The number of hydrogen-bond acceptors (Lipinski definition) is 6. The monoisotopic (exact) mass is 309 g/mol. The smallest absolute Gasteiger partial charge is 0.435 e. The van der Waals surface area contributed by atoms with E-state index in [1.165, 1.54) is 24.3 Å². The van der Waals surface area contributed by atoms with Gasteiger partial charge in [0.1, 0.15) is 5.84 Å². The van der Waals surface area contributed by atoms with Gasteiger partial charge in [0, 0.05) is 17.7 Å². The molecule has 0 atom stereocenters. The Balaban J connectivity index is 3.13. The van der Waals surface area contributed by atoms with E-state index in [1.807, 2.05) is 0 Å². The molecule has 22 heavy (non-hydrogen) atoms. The largest absolute Gasteiger partial charge is 0.450 e. The molecule has 0 bridgehead atoms. The number of non-ortho nitro benzene ring substituents is 1. The fourth-order valence-electron chi connectivity index (χ4n) is 1.44. The van der Waals surface area contributed by atoms with Crippen molar-refractivity contribution in [3.8, 4) is 0 Å². The van der Waals surface area contributed by atoms with Gasteiger partial charge in [-0.2, -0.15) is 4.99 Å². The summed E-state index contributed by atoms with van der Waals surface area (Å²) >= 11 is 0. The molecule has 2 amide bonds. The van der Waals surface area contributed by atoms with Crippen LogP contribution in [-0.2, 0) is 9.47 Å². The van der Waals surface area contributed by atoms with Crippen LogP contribution >= 0.6 is 0 Å². The van der Waals surface area contributed by atoms with Crippen LogP contribution in [0.15, 0.2) is 29.3 Å². The van der Waals surface area contributed by atoms with Crippen molar-refractivity contribution in [1.82, 2.24) is 5.32 Å². The molecule has 0 fully saturated rings. The van der Waals surface area contributed by atoms with E-state index >= 15 is 0 Å². The van der Waals surface area contributed by atoms with Crippen LogP contribution in [0.25, 0.3) is 0 Å². The zero-order valence-corrected chi connectivity index (χ0v) is 12.1. The highest BCUT2D eigenvalue weighted by Crippen LogP contribution is 2.13. The first-order valence-electron chi connectivity index (χ1n) is 6.42. The lowest BCUT2D eigenvalue weighted by atomic mass is 10.2. The number of aliphatic imine (C=N–C) groups is 1. The Bertz CT molecular complexity index is 599. The Labute approximate surface area is 126 Å². The van der Waals surface area contributed by atoms with Gasteiger partial charge in [0.25, 0.3) is 5.69 Å². The maximum Gasteiger partial charge on any atom is 0.435 e. The van der Waals surface area contributed by atoms with Crippen LogP contribution in [0, 0.1) is 10.1 Å². The minimum atomic E-state index is -0.930. The Morgan fingerprint density at radius 1 is 1.27 bits per heavy atom. The number of nitro benzene ring substituents is 1. The van der Waals surface area contributed by atoms with Gasteiger partial charge in [0.2, 0.25) is 0 Å². The van der Waals surface area contributed by atoms with Gasteiger partial charge in [0.15, 0.2) is 0 Å². The van der Waals surface area contributed by atoms with Crippen LogP contribution in [0.5, 0.6) is 0 Å². The van der Waals surface area contributed by atoms with Crippen molar-refractivity contribution in [2.24, 2.45) is 4.99 Å². The van der Waals surface area contributed by atoms with E-state index in [0.29, 0.717) is 0 Å². The average Bonchev–Trinajstić information content (AvgIpc) is 2.47. The molecule has 1 N–H and O–H groups in total. The van der Waals surface area contributed by atoms with Crippen LogP contribution in [0.1, 0.15) is 19.4 Å². The molecule has 1 rings (SSSR count). The zero-order valence-electron chi connectivity index (χ0n) is 12.1. The molecule has 1 aromatic carbocycles. The Kier molecular flexibility index (Phi) is 6.48. The van der Waals surface area contributed by atoms with Crippen molar-refractivity contribution in [2.45, 2.75) is 13.8 Å². The molecule has 118 valence electrons. The lowest BCUT2D eigenvalue weighted by Gasteiger charge is -2.08. The standard InChI is InChI=1S/C13H15N3O6/c1-3-21-12(17)14-11(15-13(18)22-4-2)9-6-5-7-10(8-9)16(19)20/h5-8H,3-4H2,1-2H3,(H,14,15,17,18). The summed E-state index contributed by atoms with van der Waals surface area (Å²) in [6.07, 6.45) is -1.77. The summed E-state index contributed by atoms with van der Waals surface area (Å²) in [5.41, 5.74) is -0.0324. The number of amidine groups is 1. The van der Waals surface area contributed by atoms with Crippen molar-refractivity contribution in [2.75, 3.05) is 13.2 Å². The van der Waals surface area contributed by atoms with Crippen molar-refractivity contribution < 1.29 is 24.0 Å². The summed E-state index contributed by atoms with van der Waals surface area (Å²) in [7, 11) is 0. The second-order valence-electron chi connectivity index (χ2n) is 3.81. The van der Waals surface area contributed by atoms with E-state index in [4.69, 9.17) is 4.74 Å². The molecule has 0 saturated carbocycles. The number of ether oxygens (including phenoxy) is 2. The number of benzene rings is 1. The molecule has 9 heteroatoms. The van der Waals surface area contributed by atoms with Crippen molar-refractivity contribution >= 4 is 23.7 Å². The first-order valence-corrected chi connectivity index (χ1v) is 6.42. The quantitative estimate of drug-likeness (QED) is 0.394. The van der Waals surface area contributed by atoms with Crippen LogP contribution in [0.4, 0.5) is 15.3 Å². The molecule has 1 aromatic rings. The van der Waals surface area contributed by atoms with E-state index in [9.17, 15) is 19.7 Å². The van der Waals surface area contributed by atoms with E-state index in [2.05, 4.69) is 15.0 Å². The number of amides is 2. The summed E-state index contributed by atoms with van der Waals surface area (Å²) in [5, 5.41) is 13.0. The molecule has 0 radical (unpaired) electrons. The maximum atomic E-state index is 11.5. The van der Waals surface area contributed by atoms with Gasteiger partial charge < -0.3 is 9.47 Å². The first kappa shape index (κ1) is 17.1. The van der Waals surface area contributed by atoms with Gasteiger partial charge in [-0.3, -0.25) is 15.4 Å². The van der Waals surface area contributed by atoms with Gasteiger partial charge in [-0.15, -0.1) is 0 Å². The van der Waals surface area contributed by atoms with Crippen LogP contribution < -0.4 is 5.32 Å². The highest BCUT2D eigenvalue weighted by molar-refractivity contribution is 6.10. The van der Waals surface area contributed by atoms with Crippen LogP contribution in [0.3, 0.4) is 0 Å². The number of nitro groups is 1. The molecule has 0 heterocycles. The normalized spacial score (nSPS) is 10.7. The minimum absolute atomic E-state index is 0.101. The lowest BCUT2D eigenvalue weighted by Crippen LogP contribution is -2.32. The molecule has 0 aromatic heterocycles. The third-order valence-corrected chi connectivity index (χ3v) is 2.30. The predicted molar refractivity (Wildman–Crippen MR) is 76.8 cm³/mol. The van der Waals surface area contributed by atoms with E-state index in [0.717, 1.165) is 0 Å². The van der Waals surface area contributed by atoms with Gasteiger partial charge in [0.05, 0.1) is 18.1 Å². The molecule has 0 unspecified atom stereocenters. The predicted octanol–water partition coefficient (Wildman–Crippen LogP) is 2.24. The highest BCUT2D eigenvalue weighted by Gasteiger charge is 2.15. The number of rotatable bonds is 4. The number of carbonyl (C=O) groups excluding carboxylic acids is 2. The third kappa shape index (κ3) is 5.19.